The summed E-state index contributed by atoms with van der Waals surface area (Å²) in [6, 6.07) is 13.1. The van der Waals surface area contributed by atoms with Crippen molar-refractivity contribution in [3.05, 3.63) is 63.6 Å². The van der Waals surface area contributed by atoms with Crippen molar-refractivity contribution >= 4 is 26.0 Å². The maximum absolute atomic E-state index is 12.7. The van der Waals surface area contributed by atoms with Gasteiger partial charge in [0.05, 0.1) is 4.90 Å². The van der Waals surface area contributed by atoms with E-state index in [1.165, 1.54) is 4.31 Å². The quantitative estimate of drug-likeness (QED) is 0.821. The van der Waals surface area contributed by atoms with Gasteiger partial charge in [0.25, 0.3) is 0 Å². The molecule has 0 bridgehead atoms. The zero-order chi connectivity index (χ0) is 15.6. The van der Waals surface area contributed by atoms with Crippen LogP contribution in [0.4, 0.5) is 0 Å². The number of hydrogen-bond acceptors (Lipinski definition) is 2. The molecule has 0 heterocycles. The van der Waals surface area contributed by atoms with Gasteiger partial charge in [0.1, 0.15) is 0 Å². The fourth-order valence-corrected chi connectivity index (χ4v) is 4.39. The first-order valence-electron chi connectivity index (χ1n) is 6.59. The van der Waals surface area contributed by atoms with Crippen LogP contribution in [-0.4, -0.2) is 19.8 Å². The molecule has 2 aromatic rings. The van der Waals surface area contributed by atoms with Crippen LogP contribution in [0.25, 0.3) is 0 Å². The third kappa shape index (κ3) is 3.54. The summed E-state index contributed by atoms with van der Waals surface area (Å²) in [5.74, 6) is 0. The lowest BCUT2D eigenvalue weighted by atomic mass is 10.1. The summed E-state index contributed by atoms with van der Waals surface area (Å²) in [5.41, 5.74) is 3.11. The largest absolute Gasteiger partial charge is 0.244 e. The fraction of sp³-hybridized carbons (Fsp3) is 0.250. The van der Waals surface area contributed by atoms with Crippen LogP contribution in [0.5, 0.6) is 0 Å². The Morgan fingerprint density at radius 1 is 1.10 bits per heavy atom. The molecule has 0 aliphatic carbocycles. The first-order valence-corrected chi connectivity index (χ1v) is 8.82. The van der Waals surface area contributed by atoms with Crippen molar-refractivity contribution in [2.45, 2.75) is 25.3 Å². The molecule has 5 heteroatoms. The molecule has 0 atom stereocenters. The second-order valence-corrected chi connectivity index (χ2v) is 7.99. The molecule has 0 fully saturated rings. The molecular weight excluding hydrogens is 350 g/mol. The topological polar surface area (TPSA) is 37.4 Å². The second kappa shape index (κ2) is 6.30. The molecule has 0 spiro atoms. The molecule has 0 saturated carbocycles. The molecule has 2 rings (SSSR count). The van der Waals surface area contributed by atoms with E-state index in [9.17, 15) is 8.42 Å². The molecule has 3 nitrogen and oxygen atoms in total. The Bertz CT molecular complexity index is 757. The van der Waals surface area contributed by atoms with Crippen molar-refractivity contribution in [2.24, 2.45) is 0 Å². The minimum absolute atomic E-state index is 0.296. The van der Waals surface area contributed by atoms with Gasteiger partial charge in [-0.1, -0.05) is 30.3 Å². The lowest BCUT2D eigenvalue weighted by Crippen LogP contribution is -2.27. The third-order valence-electron chi connectivity index (χ3n) is 3.43. The summed E-state index contributed by atoms with van der Waals surface area (Å²) < 4.78 is 27.3. The summed E-state index contributed by atoms with van der Waals surface area (Å²) in [6.45, 7) is 4.27. The summed E-state index contributed by atoms with van der Waals surface area (Å²) in [4.78, 5) is 0.296. The van der Waals surface area contributed by atoms with Gasteiger partial charge < -0.3 is 0 Å². The molecule has 0 aliphatic heterocycles. The molecule has 0 aliphatic rings. The number of sulfonamides is 1. The zero-order valence-electron chi connectivity index (χ0n) is 12.3. The van der Waals surface area contributed by atoms with Crippen molar-refractivity contribution in [3.63, 3.8) is 0 Å². The van der Waals surface area contributed by atoms with Gasteiger partial charge in [-0.05, 0) is 58.6 Å². The van der Waals surface area contributed by atoms with E-state index < -0.39 is 10.0 Å². The van der Waals surface area contributed by atoms with Crippen LogP contribution >= 0.6 is 15.9 Å². The van der Waals surface area contributed by atoms with Gasteiger partial charge >= 0.3 is 0 Å². The van der Waals surface area contributed by atoms with E-state index in [1.807, 2.05) is 44.2 Å². The van der Waals surface area contributed by atoms with Crippen LogP contribution < -0.4 is 0 Å². The molecule has 112 valence electrons. The minimum atomic E-state index is -3.51. The maximum atomic E-state index is 12.7. The van der Waals surface area contributed by atoms with Crippen molar-refractivity contribution < 1.29 is 8.42 Å². The summed E-state index contributed by atoms with van der Waals surface area (Å²) in [5, 5.41) is 0. The first-order chi connectivity index (χ1) is 9.82. The number of aryl methyl sites for hydroxylation is 2. The van der Waals surface area contributed by atoms with Crippen molar-refractivity contribution in [2.75, 3.05) is 7.05 Å². The Labute approximate surface area is 134 Å². The Balaban J connectivity index is 2.33. The van der Waals surface area contributed by atoms with Gasteiger partial charge in [0, 0.05) is 18.1 Å². The molecule has 21 heavy (non-hydrogen) atoms. The third-order valence-corrected chi connectivity index (χ3v) is 6.21. The van der Waals surface area contributed by atoms with Gasteiger partial charge in [-0.15, -0.1) is 0 Å². The highest BCUT2D eigenvalue weighted by molar-refractivity contribution is 9.10. The predicted molar refractivity (Wildman–Crippen MR) is 88.7 cm³/mol. The predicted octanol–water partition coefficient (Wildman–Crippen LogP) is 3.89. The standard InChI is InChI=1S/C16H18BrNO2S/c1-12-8-9-16(15(17)10-12)21(19,20)18(3)11-14-7-5-4-6-13(14)2/h4-10H,11H2,1-3H3. The lowest BCUT2D eigenvalue weighted by Gasteiger charge is -2.19. The van der Waals surface area contributed by atoms with E-state index in [4.69, 9.17) is 0 Å². The highest BCUT2D eigenvalue weighted by Crippen LogP contribution is 2.26. The van der Waals surface area contributed by atoms with E-state index >= 15 is 0 Å². The SMILES string of the molecule is Cc1ccc(S(=O)(=O)N(C)Cc2ccccc2C)c(Br)c1. The van der Waals surface area contributed by atoms with Gasteiger partial charge in [0.2, 0.25) is 10.0 Å². The van der Waals surface area contributed by atoms with Crippen molar-refractivity contribution in [3.8, 4) is 0 Å². The van der Waals surface area contributed by atoms with Gasteiger partial charge in [-0.2, -0.15) is 4.31 Å². The van der Waals surface area contributed by atoms with Crippen LogP contribution in [0.2, 0.25) is 0 Å². The number of halogens is 1. The van der Waals surface area contributed by atoms with Crippen LogP contribution in [-0.2, 0) is 16.6 Å². The highest BCUT2D eigenvalue weighted by Gasteiger charge is 2.23. The van der Waals surface area contributed by atoms with E-state index in [0.717, 1.165) is 16.7 Å². The second-order valence-electron chi connectivity index (χ2n) is 5.12. The van der Waals surface area contributed by atoms with Crippen LogP contribution in [0.3, 0.4) is 0 Å². The van der Waals surface area contributed by atoms with Crippen molar-refractivity contribution in [1.29, 1.82) is 0 Å². The Hall–Kier alpha value is -1.17. The molecule has 2 aromatic carbocycles. The highest BCUT2D eigenvalue weighted by atomic mass is 79.9. The van der Waals surface area contributed by atoms with Gasteiger partial charge in [-0.3, -0.25) is 0 Å². The van der Waals surface area contributed by atoms with E-state index in [-0.39, 0.29) is 0 Å². The number of rotatable bonds is 4. The summed E-state index contributed by atoms with van der Waals surface area (Å²) in [6.07, 6.45) is 0. The Morgan fingerprint density at radius 3 is 2.38 bits per heavy atom. The van der Waals surface area contributed by atoms with Crippen molar-refractivity contribution in [1.82, 2.24) is 4.31 Å². The maximum Gasteiger partial charge on any atom is 0.244 e. The monoisotopic (exact) mass is 367 g/mol. The lowest BCUT2D eigenvalue weighted by molar-refractivity contribution is 0.465. The Morgan fingerprint density at radius 2 is 1.76 bits per heavy atom. The van der Waals surface area contributed by atoms with Crippen LogP contribution in [0.15, 0.2) is 51.8 Å². The summed E-state index contributed by atoms with van der Waals surface area (Å²) in [7, 11) is -1.91. The molecule has 0 saturated heterocycles. The Kier molecular flexibility index (Phi) is 4.86. The first kappa shape index (κ1) is 16.2. The van der Waals surface area contributed by atoms with E-state index in [1.54, 1.807) is 19.2 Å². The van der Waals surface area contributed by atoms with E-state index in [0.29, 0.717) is 15.9 Å². The molecule has 0 unspecified atom stereocenters. The van der Waals surface area contributed by atoms with E-state index in [2.05, 4.69) is 15.9 Å². The fourth-order valence-electron chi connectivity index (χ4n) is 2.10. The zero-order valence-corrected chi connectivity index (χ0v) is 14.7. The molecule has 0 aromatic heterocycles. The average molecular weight is 368 g/mol. The molecule has 0 N–H and O–H groups in total. The summed E-state index contributed by atoms with van der Waals surface area (Å²) >= 11 is 3.35. The van der Waals surface area contributed by atoms with Crippen LogP contribution in [0.1, 0.15) is 16.7 Å². The van der Waals surface area contributed by atoms with Gasteiger partial charge in [-0.25, -0.2) is 8.42 Å². The molecule has 0 radical (unpaired) electrons. The minimum Gasteiger partial charge on any atom is -0.207 e. The normalized spacial score (nSPS) is 11.9. The molecular formula is C16H18BrNO2S. The average Bonchev–Trinajstić information content (AvgIpc) is 2.40. The number of hydrogen-bond donors (Lipinski definition) is 0. The number of nitrogens with zero attached hydrogens (tertiary/aromatic N) is 1. The number of benzene rings is 2. The molecule has 0 amide bonds. The van der Waals surface area contributed by atoms with Gasteiger partial charge in [0.15, 0.2) is 0 Å². The smallest absolute Gasteiger partial charge is 0.207 e. The van der Waals surface area contributed by atoms with Crippen LogP contribution in [0, 0.1) is 13.8 Å².